The first-order valence-electron chi connectivity index (χ1n) is 9.75. The number of ether oxygens (including phenoxy) is 1. The normalized spacial score (nSPS) is 10.3. The van der Waals surface area contributed by atoms with Gasteiger partial charge in [-0.05, 0) is 72.2 Å². The fourth-order valence-corrected chi connectivity index (χ4v) is 2.89. The second kappa shape index (κ2) is 10.2. The molecule has 3 aromatic rings. The van der Waals surface area contributed by atoms with Crippen LogP contribution in [-0.2, 0) is 17.9 Å². The molecule has 0 bridgehead atoms. The van der Waals surface area contributed by atoms with Gasteiger partial charge in [-0.3, -0.25) is 9.59 Å². The number of carbonyl (C=O) groups is 2. The zero-order valence-corrected chi connectivity index (χ0v) is 17.2. The van der Waals surface area contributed by atoms with Crippen LogP contribution in [0.2, 0.25) is 0 Å². The van der Waals surface area contributed by atoms with Crippen molar-refractivity contribution in [3.63, 3.8) is 0 Å². The zero-order chi connectivity index (χ0) is 22.2. The van der Waals surface area contributed by atoms with Crippen molar-refractivity contribution in [3.05, 3.63) is 107 Å². The van der Waals surface area contributed by atoms with E-state index >= 15 is 0 Å². The Hall–Kier alpha value is -3.93. The Kier molecular flexibility index (Phi) is 7.17. The number of benzene rings is 3. The van der Waals surface area contributed by atoms with Crippen molar-refractivity contribution >= 4 is 11.8 Å². The lowest BCUT2D eigenvalue weighted by Crippen LogP contribution is -2.23. The molecule has 0 unspecified atom stereocenters. The molecule has 0 spiro atoms. The molecule has 0 aliphatic heterocycles. The number of halogens is 1. The first kappa shape index (κ1) is 21.8. The van der Waals surface area contributed by atoms with E-state index < -0.39 is 0 Å². The lowest BCUT2D eigenvalue weighted by molar-refractivity contribution is -0.116. The van der Waals surface area contributed by atoms with E-state index in [9.17, 15) is 14.0 Å². The average molecular weight is 418 g/mol. The largest absolute Gasteiger partial charge is 0.457 e. The van der Waals surface area contributed by atoms with E-state index in [0.717, 1.165) is 16.7 Å². The Morgan fingerprint density at radius 1 is 0.935 bits per heavy atom. The predicted octanol–water partition coefficient (Wildman–Crippen LogP) is 4.66. The highest BCUT2D eigenvalue weighted by Crippen LogP contribution is 2.26. The van der Waals surface area contributed by atoms with Gasteiger partial charge >= 0.3 is 0 Å². The predicted molar refractivity (Wildman–Crippen MR) is 117 cm³/mol. The molecule has 0 fully saturated rings. The molecule has 5 nitrogen and oxygen atoms in total. The SMILES string of the molecule is C=CC(=O)NCc1ccc(C(=O)NCc2ccc(Oc3ccc(F)cc3)c(C)c2)cc1. The van der Waals surface area contributed by atoms with Gasteiger partial charge in [0.25, 0.3) is 5.91 Å². The maximum absolute atomic E-state index is 13.0. The third kappa shape index (κ3) is 6.27. The molecule has 0 saturated carbocycles. The van der Waals surface area contributed by atoms with Crippen molar-refractivity contribution < 1.29 is 18.7 Å². The third-order valence-corrected chi connectivity index (χ3v) is 4.60. The van der Waals surface area contributed by atoms with E-state index in [2.05, 4.69) is 17.2 Å². The minimum absolute atomic E-state index is 0.189. The standard InChI is InChI=1S/C25H23FN2O3/c1-3-24(29)27-15-18-4-7-20(8-5-18)25(30)28-16-19-6-13-23(17(2)14-19)31-22-11-9-21(26)10-12-22/h3-14H,1,15-16H2,2H3,(H,27,29)(H,28,30). The van der Waals surface area contributed by atoms with Crippen LogP contribution in [-0.4, -0.2) is 11.8 Å². The molecular formula is C25H23FN2O3. The van der Waals surface area contributed by atoms with E-state index in [0.29, 0.717) is 30.2 Å². The van der Waals surface area contributed by atoms with Crippen LogP contribution in [0.15, 0.2) is 79.4 Å². The Labute approximate surface area is 180 Å². The van der Waals surface area contributed by atoms with Gasteiger partial charge < -0.3 is 15.4 Å². The second-order valence-electron chi connectivity index (χ2n) is 6.96. The molecular weight excluding hydrogens is 395 g/mol. The maximum atomic E-state index is 13.0. The summed E-state index contributed by atoms with van der Waals surface area (Å²) in [5, 5.41) is 5.58. The van der Waals surface area contributed by atoms with Crippen LogP contribution < -0.4 is 15.4 Å². The number of nitrogens with one attached hydrogen (secondary N) is 2. The summed E-state index contributed by atoms with van der Waals surface area (Å²) < 4.78 is 18.8. The van der Waals surface area contributed by atoms with Crippen LogP contribution in [0.25, 0.3) is 0 Å². The number of rotatable bonds is 8. The molecule has 0 saturated heterocycles. The van der Waals surface area contributed by atoms with Crippen LogP contribution in [0.1, 0.15) is 27.0 Å². The van der Waals surface area contributed by atoms with Gasteiger partial charge in [-0.1, -0.05) is 30.8 Å². The zero-order valence-electron chi connectivity index (χ0n) is 17.2. The topological polar surface area (TPSA) is 67.4 Å². The van der Waals surface area contributed by atoms with Crippen molar-refractivity contribution in [2.75, 3.05) is 0 Å². The molecule has 3 aromatic carbocycles. The van der Waals surface area contributed by atoms with Crippen molar-refractivity contribution in [1.29, 1.82) is 0 Å². The van der Waals surface area contributed by atoms with E-state index in [1.54, 1.807) is 36.4 Å². The molecule has 0 aliphatic carbocycles. The van der Waals surface area contributed by atoms with Crippen molar-refractivity contribution in [2.45, 2.75) is 20.0 Å². The highest BCUT2D eigenvalue weighted by Gasteiger charge is 2.08. The molecule has 2 N–H and O–H groups in total. The highest BCUT2D eigenvalue weighted by atomic mass is 19.1. The first-order chi connectivity index (χ1) is 14.9. The van der Waals surface area contributed by atoms with Crippen molar-refractivity contribution in [3.8, 4) is 11.5 Å². The van der Waals surface area contributed by atoms with Crippen LogP contribution in [0.5, 0.6) is 11.5 Å². The smallest absolute Gasteiger partial charge is 0.251 e. The molecule has 3 rings (SSSR count). The molecule has 2 amide bonds. The Bertz CT molecular complexity index is 1080. The summed E-state index contributed by atoms with van der Waals surface area (Å²) in [5.74, 6) is 0.473. The number of carbonyl (C=O) groups excluding carboxylic acids is 2. The molecule has 0 aliphatic rings. The van der Waals surface area contributed by atoms with E-state index in [-0.39, 0.29) is 17.6 Å². The van der Waals surface area contributed by atoms with Crippen molar-refractivity contribution in [1.82, 2.24) is 10.6 Å². The highest BCUT2D eigenvalue weighted by molar-refractivity contribution is 5.94. The van der Waals surface area contributed by atoms with Gasteiger partial charge in [0.2, 0.25) is 5.91 Å². The quantitative estimate of drug-likeness (QED) is 0.523. The lowest BCUT2D eigenvalue weighted by Gasteiger charge is -2.11. The van der Waals surface area contributed by atoms with Crippen molar-refractivity contribution in [2.24, 2.45) is 0 Å². The number of hydrogen-bond acceptors (Lipinski definition) is 3. The summed E-state index contributed by atoms with van der Waals surface area (Å²) in [6.07, 6.45) is 1.21. The number of aryl methyl sites for hydroxylation is 1. The maximum Gasteiger partial charge on any atom is 0.251 e. The van der Waals surface area contributed by atoms with Gasteiger partial charge in [-0.15, -0.1) is 0 Å². The molecule has 0 radical (unpaired) electrons. The molecule has 158 valence electrons. The van der Waals surface area contributed by atoms with E-state index in [1.807, 2.05) is 25.1 Å². The first-order valence-corrected chi connectivity index (χ1v) is 9.75. The molecule has 0 aromatic heterocycles. The van der Waals surface area contributed by atoms with E-state index in [4.69, 9.17) is 4.74 Å². The van der Waals surface area contributed by atoms with Gasteiger partial charge in [-0.25, -0.2) is 4.39 Å². The Balaban J connectivity index is 1.55. The fourth-order valence-electron chi connectivity index (χ4n) is 2.89. The average Bonchev–Trinajstić information content (AvgIpc) is 2.79. The van der Waals surface area contributed by atoms with Crippen LogP contribution in [0, 0.1) is 12.7 Å². The van der Waals surface area contributed by atoms with Gasteiger partial charge in [0.15, 0.2) is 0 Å². The Morgan fingerprint density at radius 2 is 1.58 bits per heavy atom. The summed E-state index contributed by atoms with van der Waals surface area (Å²) in [4.78, 5) is 23.6. The minimum Gasteiger partial charge on any atom is -0.457 e. The van der Waals surface area contributed by atoms with Gasteiger partial charge in [0, 0.05) is 18.7 Å². The summed E-state index contributed by atoms with van der Waals surface area (Å²) in [6, 6.07) is 18.5. The van der Waals surface area contributed by atoms with Gasteiger partial charge in [0.05, 0.1) is 0 Å². The monoisotopic (exact) mass is 418 g/mol. The minimum atomic E-state index is -0.315. The summed E-state index contributed by atoms with van der Waals surface area (Å²) in [5.41, 5.74) is 3.26. The van der Waals surface area contributed by atoms with Gasteiger partial charge in [0.1, 0.15) is 17.3 Å². The second-order valence-corrected chi connectivity index (χ2v) is 6.96. The summed E-state index contributed by atoms with van der Waals surface area (Å²) in [7, 11) is 0. The van der Waals surface area contributed by atoms with E-state index in [1.165, 1.54) is 18.2 Å². The summed E-state index contributed by atoms with van der Waals surface area (Å²) >= 11 is 0. The molecule has 6 heteroatoms. The summed E-state index contributed by atoms with van der Waals surface area (Å²) in [6.45, 7) is 6.06. The van der Waals surface area contributed by atoms with Crippen LogP contribution in [0.4, 0.5) is 4.39 Å². The van der Waals surface area contributed by atoms with Crippen LogP contribution in [0.3, 0.4) is 0 Å². The number of amides is 2. The molecule has 31 heavy (non-hydrogen) atoms. The molecule has 0 heterocycles. The lowest BCUT2D eigenvalue weighted by atomic mass is 10.1. The van der Waals surface area contributed by atoms with Crippen LogP contribution >= 0.6 is 0 Å². The molecule has 0 atom stereocenters. The Morgan fingerprint density at radius 3 is 2.23 bits per heavy atom. The van der Waals surface area contributed by atoms with Gasteiger partial charge in [-0.2, -0.15) is 0 Å². The third-order valence-electron chi connectivity index (χ3n) is 4.60. The fraction of sp³-hybridized carbons (Fsp3) is 0.120. The number of hydrogen-bond donors (Lipinski definition) is 2.